The van der Waals surface area contributed by atoms with Crippen LogP contribution >= 0.6 is 44.1 Å². The van der Waals surface area contributed by atoms with Crippen molar-refractivity contribution in [2.24, 2.45) is 11.3 Å². The number of nitrogens with one attached hydrogen (secondary N) is 2. The zero-order valence-electron chi connectivity index (χ0n) is 6.86. The van der Waals surface area contributed by atoms with Gasteiger partial charge in [0.2, 0.25) is 5.91 Å². The molecule has 4 N–H and O–H groups in total. The van der Waals surface area contributed by atoms with Gasteiger partial charge in [0.05, 0.1) is 8.65 Å². The summed E-state index contributed by atoms with van der Waals surface area (Å²) in [6.07, 6.45) is 0.721. The molecule has 1 fully saturated rings. The van der Waals surface area contributed by atoms with Crippen molar-refractivity contribution in [2.75, 3.05) is 0 Å². The monoisotopic (exact) mass is 329 g/mol. The third kappa shape index (κ3) is 2.03. The Morgan fingerprint density at radius 2 is 2.08 bits per heavy atom. The van der Waals surface area contributed by atoms with Gasteiger partial charge in [-0.2, -0.15) is 0 Å². The molecule has 0 aromatic heterocycles. The molecule has 1 atom stereocenters. The molecule has 74 valence electrons. The fraction of sp³-hybridized carbons (Fsp3) is 0.667. The second-order valence-electron chi connectivity index (χ2n) is 3.14. The molecule has 1 aliphatic carbocycles. The predicted octanol–water partition coefficient (Wildman–Crippen LogP) is 0.747. The van der Waals surface area contributed by atoms with E-state index in [1.165, 1.54) is 0 Å². The molecule has 0 aromatic carbocycles. The van der Waals surface area contributed by atoms with E-state index in [0.717, 1.165) is 6.42 Å². The number of hydrazine groups is 1. The average molecular weight is 331 g/mol. The Hall–Kier alpha value is 0.280. The number of hydrogen-bond donors (Lipinski definition) is 3. The first-order chi connectivity index (χ1) is 5.83. The zero-order chi connectivity index (χ0) is 10.3. The van der Waals surface area contributed by atoms with Crippen molar-refractivity contribution in [1.82, 2.24) is 10.7 Å². The molecule has 0 aromatic rings. The summed E-state index contributed by atoms with van der Waals surface area (Å²) in [6.45, 7) is 1.84. The van der Waals surface area contributed by atoms with Crippen LogP contribution in [0.1, 0.15) is 13.3 Å². The first-order valence-electron chi connectivity index (χ1n) is 3.53. The van der Waals surface area contributed by atoms with Gasteiger partial charge >= 0.3 is 0 Å². The van der Waals surface area contributed by atoms with E-state index in [2.05, 4.69) is 42.6 Å². The first kappa shape index (κ1) is 11.4. The summed E-state index contributed by atoms with van der Waals surface area (Å²) >= 11 is 11.5. The van der Waals surface area contributed by atoms with Gasteiger partial charge in [-0.3, -0.25) is 4.79 Å². The van der Waals surface area contributed by atoms with Crippen LogP contribution in [-0.4, -0.2) is 14.3 Å². The predicted molar refractivity (Wildman–Crippen MR) is 61.4 cm³/mol. The molecule has 1 amide bonds. The molecule has 0 bridgehead atoms. The highest BCUT2D eigenvalue weighted by Gasteiger charge is 2.66. The SMILES string of the molecule is CC1(C(=O)NC(=S)NN)CC1(Br)Br. The summed E-state index contributed by atoms with van der Waals surface area (Å²) in [5.74, 6) is 4.87. The Balaban J connectivity index is 2.56. The Morgan fingerprint density at radius 3 is 2.38 bits per heavy atom. The van der Waals surface area contributed by atoms with Gasteiger partial charge in [0, 0.05) is 0 Å². The van der Waals surface area contributed by atoms with E-state index in [0.29, 0.717) is 0 Å². The maximum atomic E-state index is 11.6. The Kier molecular flexibility index (Phi) is 3.01. The molecule has 13 heavy (non-hydrogen) atoms. The molecule has 1 rings (SSSR count). The second kappa shape index (κ2) is 3.45. The fourth-order valence-electron chi connectivity index (χ4n) is 0.923. The smallest absolute Gasteiger partial charge is 0.234 e. The van der Waals surface area contributed by atoms with Crippen molar-refractivity contribution in [1.29, 1.82) is 0 Å². The zero-order valence-corrected chi connectivity index (χ0v) is 10.8. The van der Waals surface area contributed by atoms with Crippen LogP contribution in [0.3, 0.4) is 0 Å². The van der Waals surface area contributed by atoms with Crippen LogP contribution < -0.4 is 16.6 Å². The number of alkyl halides is 2. The Morgan fingerprint density at radius 1 is 1.62 bits per heavy atom. The normalized spacial score (nSPS) is 29.2. The molecule has 0 heterocycles. The minimum Gasteiger partial charge on any atom is -0.302 e. The van der Waals surface area contributed by atoms with Gasteiger partial charge in [-0.05, 0) is 25.6 Å². The third-order valence-corrected chi connectivity index (χ3v) is 4.65. The summed E-state index contributed by atoms with van der Waals surface area (Å²) in [7, 11) is 0. The van der Waals surface area contributed by atoms with E-state index >= 15 is 0 Å². The summed E-state index contributed by atoms with van der Waals surface area (Å²) < 4.78 is -0.304. The summed E-state index contributed by atoms with van der Waals surface area (Å²) in [5.41, 5.74) is 1.73. The molecule has 0 radical (unpaired) electrons. The van der Waals surface area contributed by atoms with Gasteiger partial charge < -0.3 is 10.7 Å². The van der Waals surface area contributed by atoms with Crippen LogP contribution in [0.15, 0.2) is 0 Å². The number of halogens is 2. The number of nitrogens with two attached hydrogens (primary N) is 1. The van der Waals surface area contributed by atoms with Crippen LogP contribution in [0.4, 0.5) is 0 Å². The van der Waals surface area contributed by atoms with E-state index in [4.69, 9.17) is 18.1 Å². The highest BCUT2D eigenvalue weighted by Crippen LogP contribution is 2.66. The van der Waals surface area contributed by atoms with E-state index in [1.807, 2.05) is 6.92 Å². The molecule has 1 unspecified atom stereocenters. The van der Waals surface area contributed by atoms with E-state index in [-0.39, 0.29) is 14.3 Å². The molecule has 0 aliphatic heterocycles. The van der Waals surface area contributed by atoms with E-state index in [9.17, 15) is 4.79 Å². The molecule has 1 saturated carbocycles. The van der Waals surface area contributed by atoms with Crippen molar-refractivity contribution < 1.29 is 4.79 Å². The second-order valence-corrected chi connectivity index (χ2v) is 7.32. The fourth-order valence-corrected chi connectivity index (χ4v) is 2.50. The van der Waals surface area contributed by atoms with Crippen LogP contribution in [0.25, 0.3) is 0 Å². The number of thiocarbonyl (C=S) groups is 1. The van der Waals surface area contributed by atoms with Crippen molar-refractivity contribution in [3.05, 3.63) is 0 Å². The number of rotatable bonds is 1. The van der Waals surface area contributed by atoms with Crippen LogP contribution in [0, 0.1) is 5.41 Å². The lowest BCUT2D eigenvalue weighted by atomic mass is 10.1. The number of hydrogen-bond acceptors (Lipinski definition) is 3. The van der Waals surface area contributed by atoms with Gasteiger partial charge in [0.25, 0.3) is 0 Å². The average Bonchev–Trinajstić information content (AvgIpc) is 2.52. The molecule has 1 aliphatic rings. The number of carbonyl (C=O) groups excluding carboxylic acids is 1. The Labute approximate surface area is 98.2 Å². The van der Waals surface area contributed by atoms with Crippen molar-refractivity contribution >= 4 is 55.1 Å². The lowest BCUT2D eigenvalue weighted by molar-refractivity contribution is -0.124. The van der Waals surface area contributed by atoms with Gasteiger partial charge in [-0.25, -0.2) is 5.84 Å². The molecular formula is C6H9Br2N3OS. The standard InChI is InChI=1S/C6H9Br2N3OS/c1-5(2-6(5,7)8)3(12)10-4(13)11-9/h2,9H2,1H3,(H2,10,11,12,13). The van der Waals surface area contributed by atoms with Gasteiger partial charge in [0.15, 0.2) is 5.11 Å². The van der Waals surface area contributed by atoms with Gasteiger partial charge in [0.1, 0.15) is 0 Å². The van der Waals surface area contributed by atoms with Crippen LogP contribution in [0.5, 0.6) is 0 Å². The first-order valence-corrected chi connectivity index (χ1v) is 5.53. The van der Waals surface area contributed by atoms with Crippen molar-refractivity contribution in [2.45, 2.75) is 16.6 Å². The lowest BCUT2D eigenvalue weighted by Gasteiger charge is -2.12. The van der Waals surface area contributed by atoms with Crippen LogP contribution in [-0.2, 0) is 4.79 Å². The lowest BCUT2D eigenvalue weighted by Crippen LogP contribution is -2.45. The van der Waals surface area contributed by atoms with E-state index in [1.54, 1.807) is 0 Å². The van der Waals surface area contributed by atoms with Crippen molar-refractivity contribution in [3.8, 4) is 0 Å². The minimum absolute atomic E-state index is 0.133. The minimum atomic E-state index is -0.464. The number of amides is 1. The third-order valence-electron chi connectivity index (χ3n) is 2.12. The van der Waals surface area contributed by atoms with Gasteiger partial charge in [-0.15, -0.1) is 0 Å². The molecular weight excluding hydrogens is 322 g/mol. The topological polar surface area (TPSA) is 67.2 Å². The quantitative estimate of drug-likeness (QED) is 0.287. The molecule has 0 saturated heterocycles. The van der Waals surface area contributed by atoms with Gasteiger partial charge in [-0.1, -0.05) is 31.9 Å². The molecule has 4 nitrogen and oxygen atoms in total. The maximum absolute atomic E-state index is 11.6. The highest BCUT2D eigenvalue weighted by atomic mass is 79.9. The highest BCUT2D eigenvalue weighted by molar-refractivity contribution is 9.25. The van der Waals surface area contributed by atoms with Crippen LogP contribution in [0.2, 0.25) is 0 Å². The molecule has 0 spiro atoms. The summed E-state index contributed by atoms with van der Waals surface area (Å²) in [5, 5.41) is 2.62. The van der Waals surface area contributed by atoms with Crippen molar-refractivity contribution in [3.63, 3.8) is 0 Å². The Bertz CT molecular complexity index is 271. The molecule has 7 heteroatoms. The largest absolute Gasteiger partial charge is 0.302 e. The number of carbonyl (C=O) groups is 1. The maximum Gasteiger partial charge on any atom is 0.234 e. The summed E-state index contributed by atoms with van der Waals surface area (Å²) in [6, 6.07) is 0. The summed E-state index contributed by atoms with van der Waals surface area (Å²) in [4.78, 5) is 11.6. The van der Waals surface area contributed by atoms with E-state index < -0.39 is 5.41 Å².